The van der Waals surface area contributed by atoms with E-state index in [0.717, 1.165) is 12.0 Å². The monoisotopic (exact) mass is 484 g/mol. The maximum absolute atomic E-state index is 13.0. The van der Waals surface area contributed by atoms with E-state index in [-0.39, 0.29) is 23.7 Å². The van der Waals surface area contributed by atoms with Crippen LogP contribution >= 0.6 is 23.2 Å². The standard InChI is InChI=1S/C24H22Cl2N4O3/c1-15-12-18(33-24-27-9-3-10-28-24)6-8-21(15)29-22(31)17-4-2-11-30(14-17)23(32)16-5-7-19(25)20(26)13-16/h3,5-10,12-13,17H,2,4,11,14H2,1H3,(H,29,31). The van der Waals surface area contributed by atoms with Crippen molar-refractivity contribution in [1.29, 1.82) is 0 Å². The number of halogens is 2. The highest BCUT2D eigenvalue weighted by molar-refractivity contribution is 6.42. The minimum atomic E-state index is -0.307. The first kappa shape index (κ1) is 23.0. The second-order valence-corrected chi connectivity index (χ2v) is 8.63. The molecule has 0 spiro atoms. The van der Waals surface area contributed by atoms with Crippen molar-refractivity contribution in [2.24, 2.45) is 5.92 Å². The van der Waals surface area contributed by atoms with E-state index in [0.29, 0.717) is 46.6 Å². The smallest absolute Gasteiger partial charge is 0.321 e. The number of nitrogens with zero attached hydrogens (tertiary/aromatic N) is 3. The molecule has 1 aromatic heterocycles. The average Bonchev–Trinajstić information content (AvgIpc) is 2.83. The molecule has 1 saturated heterocycles. The molecular weight excluding hydrogens is 463 g/mol. The van der Waals surface area contributed by atoms with Crippen LogP contribution in [0.1, 0.15) is 28.8 Å². The topological polar surface area (TPSA) is 84.4 Å². The summed E-state index contributed by atoms with van der Waals surface area (Å²) in [6.07, 6.45) is 4.66. The first-order valence-corrected chi connectivity index (χ1v) is 11.3. The van der Waals surface area contributed by atoms with Crippen LogP contribution in [0, 0.1) is 12.8 Å². The summed E-state index contributed by atoms with van der Waals surface area (Å²) in [6.45, 7) is 2.82. The molecule has 1 fully saturated rings. The molecule has 1 unspecified atom stereocenters. The lowest BCUT2D eigenvalue weighted by Gasteiger charge is -2.32. The van der Waals surface area contributed by atoms with E-state index in [4.69, 9.17) is 27.9 Å². The van der Waals surface area contributed by atoms with Crippen LogP contribution in [0.3, 0.4) is 0 Å². The first-order chi connectivity index (χ1) is 15.9. The lowest BCUT2D eigenvalue weighted by Crippen LogP contribution is -2.43. The summed E-state index contributed by atoms with van der Waals surface area (Å²) >= 11 is 12.0. The van der Waals surface area contributed by atoms with Gasteiger partial charge in [-0.1, -0.05) is 23.2 Å². The Balaban J connectivity index is 1.39. The number of likely N-dealkylation sites (tertiary alicyclic amines) is 1. The Kier molecular flexibility index (Phi) is 7.11. The molecule has 33 heavy (non-hydrogen) atoms. The van der Waals surface area contributed by atoms with Crippen LogP contribution in [0.2, 0.25) is 10.0 Å². The molecule has 1 aliphatic rings. The number of hydrogen-bond donors (Lipinski definition) is 1. The van der Waals surface area contributed by atoms with Crippen LogP contribution in [-0.2, 0) is 4.79 Å². The van der Waals surface area contributed by atoms with Crippen molar-refractivity contribution < 1.29 is 14.3 Å². The second-order valence-electron chi connectivity index (χ2n) is 7.82. The third kappa shape index (κ3) is 5.61. The normalized spacial score (nSPS) is 15.7. The fraction of sp³-hybridized carbons (Fsp3) is 0.250. The number of benzene rings is 2. The molecule has 0 bridgehead atoms. The number of carbonyl (C=O) groups excluding carboxylic acids is 2. The van der Waals surface area contributed by atoms with Gasteiger partial charge in [0.15, 0.2) is 0 Å². The van der Waals surface area contributed by atoms with Crippen LogP contribution in [-0.4, -0.2) is 39.8 Å². The lowest BCUT2D eigenvalue weighted by atomic mass is 9.96. The Bertz CT molecular complexity index is 1170. The van der Waals surface area contributed by atoms with Crippen molar-refractivity contribution in [3.63, 3.8) is 0 Å². The van der Waals surface area contributed by atoms with E-state index in [9.17, 15) is 9.59 Å². The largest absolute Gasteiger partial charge is 0.424 e. The number of piperidine rings is 1. The summed E-state index contributed by atoms with van der Waals surface area (Å²) in [4.78, 5) is 35.6. The molecule has 2 amide bonds. The molecule has 2 heterocycles. The zero-order valence-electron chi connectivity index (χ0n) is 17.9. The number of nitrogens with one attached hydrogen (secondary N) is 1. The van der Waals surface area contributed by atoms with Gasteiger partial charge in [0.2, 0.25) is 5.91 Å². The Morgan fingerprint density at radius 2 is 1.88 bits per heavy atom. The van der Waals surface area contributed by atoms with Crippen molar-refractivity contribution >= 4 is 40.7 Å². The van der Waals surface area contributed by atoms with Crippen molar-refractivity contribution in [2.45, 2.75) is 19.8 Å². The highest BCUT2D eigenvalue weighted by atomic mass is 35.5. The Hall–Kier alpha value is -3.16. The van der Waals surface area contributed by atoms with Gasteiger partial charge in [-0.05, 0) is 67.8 Å². The molecule has 0 aliphatic carbocycles. The maximum atomic E-state index is 13.0. The summed E-state index contributed by atoms with van der Waals surface area (Å²) in [6, 6.07) is 12.1. The number of anilines is 1. The molecule has 0 radical (unpaired) electrons. The number of amides is 2. The molecule has 1 N–H and O–H groups in total. The van der Waals surface area contributed by atoms with Gasteiger partial charge >= 0.3 is 6.01 Å². The summed E-state index contributed by atoms with van der Waals surface area (Å²) in [5, 5.41) is 3.71. The second kappa shape index (κ2) is 10.2. The van der Waals surface area contributed by atoms with E-state index in [1.165, 1.54) is 0 Å². The van der Waals surface area contributed by atoms with Crippen LogP contribution in [0.4, 0.5) is 5.69 Å². The number of aromatic nitrogens is 2. The zero-order valence-corrected chi connectivity index (χ0v) is 19.4. The number of hydrogen-bond acceptors (Lipinski definition) is 5. The van der Waals surface area contributed by atoms with Gasteiger partial charge in [0, 0.05) is 36.7 Å². The predicted octanol–water partition coefficient (Wildman–Crippen LogP) is 5.38. The Morgan fingerprint density at radius 1 is 1.09 bits per heavy atom. The molecular formula is C24H22Cl2N4O3. The van der Waals surface area contributed by atoms with Gasteiger partial charge in [-0.15, -0.1) is 0 Å². The summed E-state index contributed by atoms with van der Waals surface area (Å²) in [5.74, 6) is -0.0111. The maximum Gasteiger partial charge on any atom is 0.321 e. The zero-order chi connectivity index (χ0) is 23.4. The van der Waals surface area contributed by atoms with Gasteiger partial charge in [-0.3, -0.25) is 9.59 Å². The van der Waals surface area contributed by atoms with Crippen LogP contribution < -0.4 is 10.1 Å². The molecule has 1 aliphatic heterocycles. The van der Waals surface area contributed by atoms with Crippen molar-refractivity contribution in [2.75, 3.05) is 18.4 Å². The molecule has 0 saturated carbocycles. The lowest BCUT2D eigenvalue weighted by molar-refractivity contribution is -0.121. The minimum Gasteiger partial charge on any atom is -0.424 e. The molecule has 170 valence electrons. The van der Waals surface area contributed by atoms with E-state index in [2.05, 4.69) is 15.3 Å². The van der Waals surface area contributed by atoms with Crippen molar-refractivity contribution in [3.8, 4) is 11.8 Å². The highest BCUT2D eigenvalue weighted by Crippen LogP contribution is 2.27. The molecule has 9 heteroatoms. The Labute approximate surface area is 201 Å². The fourth-order valence-corrected chi connectivity index (χ4v) is 4.00. The van der Waals surface area contributed by atoms with Crippen molar-refractivity contribution in [1.82, 2.24) is 14.9 Å². The van der Waals surface area contributed by atoms with E-state index in [1.54, 1.807) is 53.7 Å². The van der Waals surface area contributed by atoms with Crippen LogP contribution in [0.15, 0.2) is 54.9 Å². The fourth-order valence-electron chi connectivity index (χ4n) is 3.71. The molecule has 3 aromatic rings. The number of rotatable bonds is 5. The summed E-state index contributed by atoms with van der Waals surface area (Å²) in [5.41, 5.74) is 1.99. The third-order valence-electron chi connectivity index (χ3n) is 5.45. The minimum absolute atomic E-state index is 0.121. The number of aryl methyl sites for hydroxylation is 1. The van der Waals surface area contributed by atoms with Gasteiger partial charge in [0.25, 0.3) is 5.91 Å². The van der Waals surface area contributed by atoms with Gasteiger partial charge in [0.05, 0.1) is 16.0 Å². The van der Waals surface area contributed by atoms with E-state index >= 15 is 0 Å². The molecule has 7 nitrogen and oxygen atoms in total. The quantitative estimate of drug-likeness (QED) is 0.525. The average molecular weight is 485 g/mol. The van der Waals surface area contributed by atoms with Crippen LogP contribution in [0.5, 0.6) is 11.8 Å². The highest BCUT2D eigenvalue weighted by Gasteiger charge is 2.29. The number of carbonyl (C=O) groups is 2. The SMILES string of the molecule is Cc1cc(Oc2ncccn2)ccc1NC(=O)C1CCCN(C(=O)c2ccc(Cl)c(Cl)c2)C1. The van der Waals surface area contributed by atoms with Gasteiger partial charge < -0.3 is 15.0 Å². The predicted molar refractivity (Wildman–Crippen MR) is 127 cm³/mol. The third-order valence-corrected chi connectivity index (χ3v) is 6.19. The number of ether oxygens (including phenoxy) is 1. The molecule has 4 rings (SSSR count). The van der Waals surface area contributed by atoms with E-state index < -0.39 is 0 Å². The first-order valence-electron chi connectivity index (χ1n) is 10.5. The van der Waals surface area contributed by atoms with E-state index in [1.807, 2.05) is 13.0 Å². The van der Waals surface area contributed by atoms with Crippen molar-refractivity contribution in [3.05, 3.63) is 76.0 Å². The van der Waals surface area contributed by atoms with Gasteiger partial charge in [-0.2, -0.15) is 0 Å². The summed E-state index contributed by atoms with van der Waals surface area (Å²) in [7, 11) is 0. The van der Waals surface area contributed by atoms with Crippen LogP contribution in [0.25, 0.3) is 0 Å². The summed E-state index contributed by atoms with van der Waals surface area (Å²) < 4.78 is 5.64. The van der Waals surface area contributed by atoms with Gasteiger partial charge in [0.1, 0.15) is 5.75 Å². The molecule has 1 atom stereocenters. The van der Waals surface area contributed by atoms with Gasteiger partial charge in [-0.25, -0.2) is 9.97 Å². The molecule has 2 aromatic carbocycles. The Morgan fingerprint density at radius 3 is 2.61 bits per heavy atom.